The van der Waals surface area contributed by atoms with Crippen LogP contribution < -0.4 is 0 Å². The van der Waals surface area contributed by atoms with Crippen molar-refractivity contribution in [3.05, 3.63) is 52.3 Å². The Morgan fingerprint density at radius 3 is 2.72 bits per heavy atom. The maximum absolute atomic E-state index is 12.8. The van der Waals surface area contributed by atoms with E-state index in [9.17, 15) is 4.39 Å². The minimum Gasteiger partial charge on any atom is -0.346 e. The number of H-pyrrole nitrogens is 1. The maximum atomic E-state index is 12.8. The van der Waals surface area contributed by atoms with Gasteiger partial charge in [0, 0.05) is 10.6 Å². The van der Waals surface area contributed by atoms with Crippen molar-refractivity contribution in [1.29, 1.82) is 0 Å². The van der Waals surface area contributed by atoms with Crippen LogP contribution in [0.25, 0.3) is 0 Å². The third-order valence-electron chi connectivity index (χ3n) is 2.42. The number of hydrogen-bond acceptors (Lipinski definition) is 3. The minimum absolute atomic E-state index is 0.218. The number of aromatic amines is 1. The highest BCUT2D eigenvalue weighted by atomic mass is 32.2. The maximum Gasteiger partial charge on any atom is 0.130 e. The standard InChI is InChI=1S/C13H13FN2S2/c1-2-10-7-13(17)16-12(15-10)8-18-11-5-3-9(14)4-6-11/h3-7H,2,8H2,1H3,(H,15,16,17). The summed E-state index contributed by atoms with van der Waals surface area (Å²) in [7, 11) is 0. The molecule has 1 aromatic carbocycles. The molecule has 0 radical (unpaired) electrons. The molecule has 1 heterocycles. The Bertz CT molecular complexity index is 578. The lowest BCUT2D eigenvalue weighted by Crippen LogP contribution is -1.97. The molecule has 0 saturated heterocycles. The molecule has 2 aromatic rings. The summed E-state index contributed by atoms with van der Waals surface area (Å²) in [6.07, 6.45) is 0.903. The molecule has 1 aromatic heterocycles. The molecule has 94 valence electrons. The monoisotopic (exact) mass is 280 g/mol. The van der Waals surface area contributed by atoms with Gasteiger partial charge in [0.1, 0.15) is 16.3 Å². The van der Waals surface area contributed by atoms with E-state index in [1.165, 1.54) is 12.1 Å². The highest BCUT2D eigenvalue weighted by Crippen LogP contribution is 2.21. The smallest absolute Gasteiger partial charge is 0.130 e. The van der Waals surface area contributed by atoms with Crippen LogP contribution in [0.15, 0.2) is 35.2 Å². The van der Waals surface area contributed by atoms with Gasteiger partial charge in [-0.05, 0) is 36.8 Å². The van der Waals surface area contributed by atoms with E-state index >= 15 is 0 Å². The lowest BCUT2D eigenvalue weighted by molar-refractivity contribution is 0.626. The Morgan fingerprint density at radius 2 is 2.06 bits per heavy atom. The zero-order valence-electron chi connectivity index (χ0n) is 9.94. The Kier molecular flexibility index (Phi) is 4.49. The molecule has 0 atom stereocenters. The lowest BCUT2D eigenvalue weighted by atomic mass is 10.3. The summed E-state index contributed by atoms with van der Waals surface area (Å²) in [6, 6.07) is 8.32. The topological polar surface area (TPSA) is 28.7 Å². The van der Waals surface area contributed by atoms with Crippen LogP contribution in [0.1, 0.15) is 18.4 Å². The second-order valence-electron chi connectivity index (χ2n) is 3.79. The lowest BCUT2D eigenvalue weighted by Gasteiger charge is -2.04. The van der Waals surface area contributed by atoms with Crippen molar-refractivity contribution in [3.63, 3.8) is 0 Å². The first-order valence-corrected chi connectivity index (χ1v) is 7.04. The van der Waals surface area contributed by atoms with Crippen LogP contribution in [0.3, 0.4) is 0 Å². The van der Waals surface area contributed by atoms with Crippen molar-refractivity contribution in [2.75, 3.05) is 0 Å². The van der Waals surface area contributed by atoms with E-state index < -0.39 is 0 Å². The number of nitrogens with zero attached hydrogens (tertiary/aromatic N) is 1. The third-order valence-corrected chi connectivity index (χ3v) is 3.65. The summed E-state index contributed by atoms with van der Waals surface area (Å²) in [5.41, 5.74) is 1.09. The molecule has 0 saturated carbocycles. The van der Waals surface area contributed by atoms with Crippen molar-refractivity contribution in [1.82, 2.24) is 9.97 Å². The number of benzene rings is 1. The highest BCUT2D eigenvalue weighted by Gasteiger charge is 2.00. The summed E-state index contributed by atoms with van der Waals surface area (Å²) >= 11 is 6.71. The Hall–Kier alpha value is -1.20. The Labute approximate surface area is 115 Å². The molecule has 0 aliphatic rings. The van der Waals surface area contributed by atoms with E-state index in [1.54, 1.807) is 23.9 Å². The first kappa shape index (κ1) is 13.2. The second-order valence-corrected chi connectivity index (χ2v) is 5.25. The van der Waals surface area contributed by atoms with Crippen LogP contribution in [-0.4, -0.2) is 9.97 Å². The summed E-state index contributed by atoms with van der Waals surface area (Å²) < 4.78 is 13.4. The molecular weight excluding hydrogens is 267 g/mol. The molecule has 0 fully saturated rings. The fraction of sp³-hybridized carbons (Fsp3) is 0.231. The van der Waals surface area contributed by atoms with Crippen molar-refractivity contribution in [3.8, 4) is 0 Å². The van der Waals surface area contributed by atoms with E-state index in [2.05, 4.69) is 16.9 Å². The van der Waals surface area contributed by atoms with Crippen molar-refractivity contribution >= 4 is 24.0 Å². The van der Waals surface area contributed by atoms with Gasteiger partial charge in [-0.25, -0.2) is 9.37 Å². The van der Waals surface area contributed by atoms with E-state index in [-0.39, 0.29) is 5.82 Å². The first-order chi connectivity index (χ1) is 8.67. The van der Waals surface area contributed by atoms with Crippen molar-refractivity contribution < 1.29 is 4.39 Å². The predicted octanol–water partition coefficient (Wildman–Crippen LogP) is 4.13. The molecule has 18 heavy (non-hydrogen) atoms. The minimum atomic E-state index is -0.218. The summed E-state index contributed by atoms with van der Waals surface area (Å²) in [6.45, 7) is 2.07. The number of aryl methyl sites for hydroxylation is 1. The number of hydrogen-bond donors (Lipinski definition) is 1. The SMILES string of the molecule is CCc1cc(=S)nc(CSc2ccc(F)cc2)[nH]1. The number of rotatable bonds is 4. The fourth-order valence-corrected chi connectivity index (χ4v) is 2.53. The average Bonchev–Trinajstić information content (AvgIpc) is 2.37. The molecule has 2 nitrogen and oxygen atoms in total. The van der Waals surface area contributed by atoms with Gasteiger partial charge in [0.05, 0.1) is 5.75 Å². The number of halogens is 1. The van der Waals surface area contributed by atoms with E-state index in [4.69, 9.17) is 12.2 Å². The van der Waals surface area contributed by atoms with Gasteiger partial charge in [-0.3, -0.25) is 0 Å². The van der Waals surface area contributed by atoms with Crippen molar-refractivity contribution in [2.24, 2.45) is 0 Å². The molecule has 1 N–H and O–H groups in total. The summed E-state index contributed by atoms with van der Waals surface area (Å²) in [4.78, 5) is 8.54. The molecule has 0 aliphatic carbocycles. The second kappa shape index (κ2) is 6.11. The first-order valence-electron chi connectivity index (χ1n) is 5.65. The number of thioether (sulfide) groups is 1. The molecule has 0 unspecified atom stereocenters. The number of nitrogens with one attached hydrogen (secondary N) is 1. The van der Waals surface area contributed by atoms with Crippen LogP contribution >= 0.6 is 24.0 Å². The third kappa shape index (κ3) is 3.65. The summed E-state index contributed by atoms with van der Waals surface area (Å²) in [5.74, 6) is 1.34. The van der Waals surface area contributed by atoms with Crippen LogP contribution in [-0.2, 0) is 12.2 Å². The van der Waals surface area contributed by atoms with Gasteiger partial charge in [-0.1, -0.05) is 19.1 Å². The Morgan fingerprint density at radius 1 is 1.33 bits per heavy atom. The molecule has 0 aliphatic heterocycles. The largest absolute Gasteiger partial charge is 0.346 e. The average molecular weight is 280 g/mol. The quantitative estimate of drug-likeness (QED) is 0.674. The fourth-order valence-electron chi connectivity index (χ4n) is 1.51. The zero-order chi connectivity index (χ0) is 13.0. The van der Waals surface area contributed by atoms with Gasteiger partial charge in [-0.2, -0.15) is 0 Å². The van der Waals surface area contributed by atoms with E-state index in [1.807, 2.05) is 6.07 Å². The van der Waals surface area contributed by atoms with E-state index in [0.29, 0.717) is 10.4 Å². The van der Waals surface area contributed by atoms with E-state index in [0.717, 1.165) is 22.8 Å². The van der Waals surface area contributed by atoms with Crippen LogP contribution in [0.2, 0.25) is 0 Å². The predicted molar refractivity (Wildman–Crippen MR) is 74.8 cm³/mol. The zero-order valence-corrected chi connectivity index (χ0v) is 11.6. The van der Waals surface area contributed by atoms with Crippen molar-refractivity contribution in [2.45, 2.75) is 24.0 Å². The van der Waals surface area contributed by atoms with Gasteiger partial charge >= 0.3 is 0 Å². The molecule has 5 heteroatoms. The molecular formula is C13H13FN2S2. The van der Waals surface area contributed by atoms with Gasteiger partial charge < -0.3 is 4.98 Å². The number of aromatic nitrogens is 2. The van der Waals surface area contributed by atoms with Gasteiger partial charge in [0.2, 0.25) is 0 Å². The molecule has 0 bridgehead atoms. The van der Waals surface area contributed by atoms with Crippen LogP contribution in [0.5, 0.6) is 0 Å². The highest BCUT2D eigenvalue weighted by molar-refractivity contribution is 7.98. The normalized spacial score (nSPS) is 10.6. The van der Waals surface area contributed by atoms with Gasteiger partial charge in [-0.15, -0.1) is 11.8 Å². The summed E-state index contributed by atoms with van der Waals surface area (Å²) in [5, 5.41) is 0. The molecule has 0 amide bonds. The van der Waals surface area contributed by atoms with Gasteiger partial charge in [0.25, 0.3) is 0 Å². The molecule has 2 rings (SSSR count). The molecule has 0 spiro atoms. The Balaban J connectivity index is 2.08. The van der Waals surface area contributed by atoms with Gasteiger partial charge in [0.15, 0.2) is 0 Å². The van der Waals surface area contributed by atoms with Crippen LogP contribution in [0.4, 0.5) is 4.39 Å². The van der Waals surface area contributed by atoms with Crippen LogP contribution in [0, 0.1) is 10.5 Å².